The van der Waals surface area contributed by atoms with Gasteiger partial charge in [0.25, 0.3) is 0 Å². The Balaban J connectivity index is 2.60. The lowest BCUT2D eigenvalue weighted by atomic mass is 9.88. The van der Waals surface area contributed by atoms with E-state index in [0.717, 1.165) is 12.3 Å². The van der Waals surface area contributed by atoms with E-state index in [1.807, 2.05) is 7.05 Å². The van der Waals surface area contributed by atoms with E-state index < -0.39 is 0 Å². The molecular weight excluding hydrogens is 236 g/mol. The van der Waals surface area contributed by atoms with E-state index in [4.69, 9.17) is 4.74 Å². The van der Waals surface area contributed by atoms with Gasteiger partial charge in [-0.1, -0.05) is 6.08 Å². The number of nitrogens with one attached hydrogen (secondary N) is 1. The Hall–Kier alpha value is -1.48. The van der Waals surface area contributed by atoms with Crippen molar-refractivity contribution < 1.29 is 4.74 Å². The predicted molar refractivity (Wildman–Crippen MR) is 81.9 cm³/mol. The molecule has 104 valence electrons. The van der Waals surface area contributed by atoms with Gasteiger partial charge in [0.05, 0.1) is 12.6 Å². The molecule has 0 saturated heterocycles. The average molecular weight is 260 g/mol. The number of methoxy groups -OCH3 is 1. The molecule has 0 unspecified atom stereocenters. The lowest BCUT2D eigenvalue weighted by Crippen LogP contribution is -2.42. The van der Waals surface area contributed by atoms with Crippen molar-refractivity contribution >= 4 is 11.3 Å². The molecule has 0 aromatic heterocycles. The molecule has 1 aliphatic rings. The number of rotatable bonds is 3. The molecule has 0 fully saturated rings. The standard InChI is InChI=1S/C16H24N2O/c1-11-9-16(2,3)18(5)14-8-15(19-6)12(10-17-4)7-13(11)14/h7-9,17H,10H2,1-6H3. The Morgan fingerprint density at radius 3 is 2.58 bits per heavy atom. The van der Waals surface area contributed by atoms with E-state index in [2.05, 4.69) is 56.2 Å². The first kappa shape index (κ1) is 13.9. The molecule has 1 N–H and O–H groups in total. The zero-order valence-electron chi connectivity index (χ0n) is 12.8. The fourth-order valence-electron chi connectivity index (χ4n) is 2.74. The number of hydrogen-bond donors (Lipinski definition) is 1. The lowest BCUT2D eigenvalue weighted by Gasteiger charge is -2.41. The van der Waals surface area contributed by atoms with Crippen LogP contribution < -0.4 is 15.0 Å². The Kier molecular flexibility index (Phi) is 3.59. The third-order valence-electron chi connectivity index (χ3n) is 3.99. The molecule has 1 aromatic rings. The quantitative estimate of drug-likeness (QED) is 0.904. The molecule has 0 saturated carbocycles. The summed E-state index contributed by atoms with van der Waals surface area (Å²) in [5.74, 6) is 0.949. The summed E-state index contributed by atoms with van der Waals surface area (Å²) in [6.07, 6.45) is 2.32. The fourth-order valence-corrected chi connectivity index (χ4v) is 2.74. The molecule has 0 amide bonds. The number of hydrogen-bond acceptors (Lipinski definition) is 3. The molecule has 19 heavy (non-hydrogen) atoms. The van der Waals surface area contributed by atoms with E-state index in [9.17, 15) is 0 Å². The van der Waals surface area contributed by atoms with Gasteiger partial charge in [0, 0.05) is 36.5 Å². The van der Waals surface area contributed by atoms with Gasteiger partial charge >= 0.3 is 0 Å². The first-order chi connectivity index (χ1) is 8.90. The van der Waals surface area contributed by atoms with Crippen molar-refractivity contribution in [2.75, 3.05) is 26.1 Å². The Bertz CT molecular complexity index is 518. The van der Waals surface area contributed by atoms with E-state index >= 15 is 0 Å². The van der Waals surface area contributed by atoms with Gasteiger partial charge in [0.15, 0.2) is 0 Å². The largest absolute Gasteiger partial charge is 0.496 e. The smallest absolute Gasteiger partial charge is 0.125 e. The molecule has 0 atom stereocenters. The van der Waals surface area contributed by atoms with E-state index in [1.54, 1.807) is 7.11 Å². The van der Waals surface area contributed by atoms with Crippen LogP contribution >= 0.6 is 0 Å². The first-order valence-corrected chi connectivity index (χ1v) is 6.70. The van der Waals surface area contributed by atoms with E-state index in [-0.39, 0.29) is 5.54 Å². The highest BCUT2D eigenvalue weighted by Crippen LogP contribution is 2.41. The molecule has 3 nitrogen and oxygen atoms in total. The van der Waals surface area contributed by atoms with Crippen molar-refractivity contribution in [2.24, 2.45) is 0 Å². The number of allylic oxidation sites excluding steroid dienone is 1. The van der Waals surface area contributed by atoms with Gasteiger partial charge < -0.3 is 15.0 Å². The van der Waals surface area contributed by atoms with Crippen LogP contribution in [0.2, 0.25) is 0 Å². The average Bonchev–Trinajstić information content (AvgIpc) is 2.35. The fraction of sp³-hybridized carbons (Fsp3) is 0.500. The maximum absolute atomic E-state index is 5.53. The normalized spacial score (nSPS) is 16.9. The van der Waals surface area contributed by atoms with Crippen LogP contribution in [-0.2, 0) is 6.54 Å². The molecule has 0 spiro atoms. The summed E-state index contributed by atoms with van der Waals surface area (Å²) >= 11 is 0. The number of anilines is 1. The summed E-state index contributed by atoms with van der Waals surface area (Å²) in [4.78, 5) is 2.31. The summed E-state index contributed by atoms with van der Waals surface area (Å²) in [7, 11) is 5.83. The van der Waals surface area contributed by atoms with Crippen molar-refractivity contribution in [2.45, 2.75) is 32.9 Å². The van der Waals surface area contributed by atoms with Gasteiger partial charge in [0.1, 0.15) is 5.75 Å². The van der Waals surface area contributed by atoms with Crippen LogP contribution in [0.4, 0.5) is 5.69 Å². The monoisotopic (exact) mass is 260 g/mol. The molecule has 0 aliphatic carbocycles. The third-order valence-corrected chi connectivity index (χ3v) is 3.99. The Morgan fingerprint density at radius 1 is 1.32 bits per heavy atom. The van der Waals surface area contributed by atoms with Crippen LogP contribution in [-0.4, -0.2) is 26.7 Å². The summed E-state index contributed by atoms with van der Waals surface area (Å²) in [5, 5.41) is 3.19. The van der Waals surface area contributed by atoms with Crippen molar-refractivity contribution in [3.63, 3.8) is 0 Å². The second kappa shape index (κ2) is 4.89. The van der Waals surface area contributed by atoms with Crippen LogP contribution in [0.25, 0.3) is 5.57 Å². The maximum Gasteiger partial charge on any atom is 0.125 e. The highest BCUT2D eigenvalue weighted by atomic mass is 16.5. The second-order valence-corrected chi connectivity index (χ2v) is 5.75. The zero-order valence-corrected chi connectivity index (χ0v) is 12.8. The minimum absolute atomic E-state index is 0.0343. The predicted octanol–water partition coefficient (Wildman–Crippen LogP) is 3.05. The second-order valence-electron chi connectivity index (χ2n) is 5.75. The summed E-state index contributed by atoms with van der Waals surface area (Å²) in [6, 6.07) is 4.39. The van der Waals surface area contributed by atoms with E-state index in [1.165, 1.54) is 22.4 Å². The SMILES string of the molecule is CNCc1cc2c(cc1OC)N(C)C(C)(C)C=C2C. The van der Waals surface area contributed by atoms with Gasteiger partial charge in [-0.05, 0) is 39.5 Å². The van der Waals surface area contributed by atoms with Gasteiger partial charge in [0.2, 0.25) is 0 Å². The van der Waals surface area contributed by atoms with Gasteiger partial charge in [-0.15, -0.1) is 0 Å². The van der Waals surface area contributed by atoms with Crippen LogP contribution in [0.15, 0.2) is 18.2 Å². The lowest BCUT2D eigenvalue weighted by molar-refractivity contribution is 0.408. The molecule has 1 heterocycles. The Labute approximate surface area is 116 Å². The topological polar surface area (TPSA) is 24.5 Å². The van der Waals surface area contributed by atoms with Crippen LogP contribution in [0.1, 0.15) is 31.9 Å². The number of benzene rings is 1. The molecule has 1 aromatic carbocycles. The molecule has 3 heteroatoms. The number of nitrogens with zero attached hydrogens (tertiary/aromatic N) is 1. The van der Waals surface area contributed by atoms with Crippen molar-refractivity contribution in [3.8, 4) is 5.75 Å². The number of fused-ring (bicyclic) bond motifs is 1. The van der Waals surface area contributed by atoms with Gasteiger partial charge in [-0.2, -0.15) is 0 Å². The molecule has 0 radical (unpaired) electrons. The number of ether oxygens (including phenoxy) is 1. The zero-order chi connectivity index (χ0) is 14.2. The minimum atomic E-state index is 0.0343. The van der Waals surface area contributed by atoms with Crippen LogP contribution in [0.3, 0.4) is 0 Å². The van der Waals surface area contributed by atoms with Gasteiger partial charge in [-0.3, -0.25) is 0 Å². The third kappa shape index (κ3) is 2.35. The van der Waals surface area contributed by atoms with Crippen molar-refractivity contribution in [3.05, 3.63) is 29.3 Å². The summed E-state index contributed by atoms with van der Waals surface area (Å²) in [6.45, 7) is 7.46. The molecular formula is C16H24N2O. The van der Waals surface area contributed by atoms with Gasteiger partial charge in [-0.25, -0.2) is 0 Å². The van der Waals surface area contributed by atoms with Crippen LogP contribution in [0.5, 0.6) is 5.75 Å². The molecule has 0 bridgehead atoms. The van der Waals surface area contributed by atoms with Crippen LogP contribution in [0, 0.1) is 0 Å². The first-order valence-electron chi connectivity index (χ1n) is 6.70. The summed E-state index contributed by atoms with van der Waals surface area (Å²) in [5.41, 5.74) is 5.10. The highest BCUT2D eigenvalue weighted by Gasteiger charge is 2.29. The summed E-state index contributed by atoms with van der Waals surface area (Å²) < 4.78 is 5.53. The van der Waals surface area contributed by atoms with Crippen molar-refractivity contribution in [1.29, 1.82) is 0 Å². The Morgan fingerprint density at radius 2 is 2.00 bits per heavy atom. The van der Waals surface area contributed by atoms with E-state index in [0.29, 0.717) is 0 Å². The molecule has 2 rings (SSSR count). The maximum atomic E-state index is 5.53. The minimum Gasteiger partial charge on any atom is -0.496 e. The van der Waals surface area contributed by atoms with Crippen molar-refractivity contribution in [1.82, 2.24) is 5.32 Å². The number of likely N-dealkylation sites (N-methyl/N-ethyl adjacent to an activating group) is 1. The highest BCUT2D eigenvalue weighted by molar-refractivity contribution is 5.82. The molecule has 1 aliphatic heterocycles.